The smallest absolute Gasteiger partial charge is 0.142 e. The van der Waals surface area contributed by atoms with Gasteiger partial charge < -0.3 is 4.74 Å². The van der Waals surface area contributed by atoms with Crippen molar-refractivity contribution in [1.29, 1.82) is 5.26 Å². The number of ether oxygens (including phenoxy) is 1. The molecule has 0 atom stereocenters. The lowest BCUT2D eigenvalue weighted by Gasteiger charge is -2.07. The largest absolute Gasteiger partial charge is 0.495 e. The third kappa shape index (κ3) is 2.43. The van der Waals surface area contributed by atoms with E-state index in [1.54, 1.807) is 13.3 Å². The zero-order chi connectivity index (χ0) is 12.1. The van der Waals surface area contributed by atoms with Crippen molar-refractivity contribution in [2.75, 3.05) is 7.11 Å². The van der Waals surface area contributed by atoms with Gasteiger partial charge in [-0.2, -0.15) is 5.26 Å². The summed E-state index contributed by atoms with van der Waals surface area (Å²) in [4.78, 5) is 4.27. The maximum Gasteiger partial charge on any atom is 0.142 e. The first-order valence-corrected chi connectivity index (χ1v) is 5.30. The second-order valence-electron chi connectivity index (χ2n) is 3.57. The predicted molar refractivity (Wildman–Crippen MR) is 65.5 cm³/mol. The second kappa shape index (κ2) is 5.13. The Morgan fingerprint density at radius 2 is 2.00 bits per heavy atom. The molecule has 0 N–H and O–H groups in total. The molecule has 0 amide bonds. The van der Waals surface area contributed by atoms with Crippen LogP contribution in [0.4, 0.5) is 0 Å². The lowest BCUT2D eigenvalue weighted by molar-refractivity contribution is 0.408. The van der Waals surface area contributed by atoms with E-state index in [1.165, 1.54) is 0 Å². The summed E-state index contributed by atoms with van der Waals surface area (Å²) in [5, 5.41) is 8.68. The van der Waals surface area contributed by atoms with Crippen LogP contribution in [-0.4, -0.2) is 12.1 Å². The van der Waals surface area contributed by atoms with E-state index in [0.717, 1.165) is 11.1 Å². The predicted octanol–water partition coefficient (Wildman–Crippen LogP) is 2.82. The highest BCUT2D eigenvalue weighted by Crippen LogP contribution is 2.25. The molecule has 0 bridgehead atoms. The molecule has 0 saturated carbocycles. The molecule has 1 heterocycles. The monoisotopic (exact) mass is 224 g/mol. The minimum atomic E-state index is 0.262. The molecule has 0 aliphatic rings. The third-order valence-electron chi connectivity index (χ3n) is 2.50. The van der Waals surface area contributed by atoms with Gasteiger partial charge in [0.25, 0.3) is 0 Å². The molecule has 1 aromatic carbocycles. The van der Waals surface area contributed by atoms with E-state index in [4.69, 9.17) is 10.00 Å². The Morgan fingerprint density at radius 3 is 2.65 bits per heavy atom. The molecule has 0 radical (unpaired) electrons. The number of hydrogen-bond acceptors (Lipinski definition) is 3. The fraction of sp³-hybridized carbons (Fsp3) is 0.143. The van der Waals surface area contributed by atoms with Crippen LogP contribution in [0.2, 0.25) is 0 Å². The van der Waals surface area contributed by atoms with Crippen molar-refractivity contribution in [1.82, 2.24) is 4.98 Å². The van der Waals surface area contributed by atoms with Crippen molar-refractivity contribution in [3.05, 3.63) is 48.3 Å². The van der Waals surface area contributed by atoms with E-state index in [0.29, 0.717) is 11.4 Å². The molecule has 17 heavy (non-hydrogen) atoms. The van der Waals surface area contributed by atoms with Crippen LogP contribution in [-0.2, 0) is 6.42 Å². The fourth-order valence-corrected chi connectivity index (χ4v) is 1.65. The Labute approximate surface area is 100 Å². The van der Waals surface area contributed by atoms with Crippen LogP contribution < -0.4 is 4.74 Å². The molecule has 0 aliphatic carbocycles. The number of hydrogen-bond donors (Lipinski definition) is 0. The number of methoxy groups -OCH3 is 1. The first-order chi connectivity index (χ1) is 8.35. The number of pyridine rings is 1. The highest BCUT2D eigenvalue weighted by atomic mass is 16.5. The van der Waals surface area contributed by atoms with E-state index >= 15 is 0 Å². The van der Waals surface area contributed by atoms with Gasteiger partial charge in [0.1, 0.15) is 5.75 Å². The molecule has 84 valence electrons. The maximum absolute atomic E-state index is 8.68. The molecule has 0 fully saturated rings. The quantitative estimate of drug-likeness (QED) is 0.805. The van der Waals surface area contributed by atoms with E-state index in [1.807, 2.05) is 36.4 Å². The third-order valence-corrected chi connectivity index (χ3v) is 2.50. The van der Waals surface area contributed by atoms with E-state index in [-0.39, 0.29) is 6.42 Å². The summed E-state index contributed by atoms with van der Waals surface area (Å²) in [5.41, 5.74) is 2.75. The van der Waals surface area contributed by atoms with Gasteiger partial charge in [0.2, 0.25) is 0 Å². The molecular formula is C14H12N2O. The Bertz CT molecular complexity index is 544. The summed E-state index contributed by atoms with van der Waals surface area (Å²) >= 11 is 0. The molecule has 3 heteroatoms. The van der Waals surface area contributed by atoms with Crippen LogP contribution in [0.15, 0.2) is 42.6 Å². The van der Waals surface area contributed by atoms with Gasteiger partial charge in [-0.15, -0.1) is 0 Å². The van der Waals surface area contributed by atoms with E-state index in [2.05, 4.69) is 11.1 Å². The van der Waals surface area contributed by atoms with Gasteiger partial charge in [0.05, 0.1) is 25.3 Å². The SMILES string of the molecule is COc1cc(-c2ccccc2)cnc1CC#N. The highest BCUT2D eigenvalue weighted by molar-refractivity contribution is 5.64. The van der Waals surface area contributed by atoms with Crippen LogP contribution in [0.3, 0.4) is 0 Å². The summed E-state index contributed by atoms with van der Waals surface area (Å²) in [6.07, 6.45) is 2.03. The minimum absolute atomic E-state index is 0.262. The summed E-state index contributed by atoms with van der Waals surface area (Å²) < 4.78 is 5.25. The van der Waals surface area contributed by atoms with Crippen molar-refractivity contribution in [2.45, 2.75) is 6.42 Å². The average Bonchev–Trinajstić information content (AvgIpc) is 2.40. The Morgan fingerprint density at radius 1 is 1.24 bits per heavy atom. The van der Waals surface area contributed by atoms with Crippen LogP contribution in [0.25, 0.3) is 11.1 Å². The van der Waals surface area contributed by atoms with Gasteiger partial charge >= 0.3 is 0 Å². The van der Waals surface area contributed by atoms with Gasteiger partial charge in [0.15, 0.2) is 0 Å². The molecule has 0 spiro atoms. The summed E-state index contributed by atoms with van der Waals surface area (Å²) in [7, 11) is 1.59. The van der Waals surface area contributed by atoms with Crippen molar-refractivity contribution in [3.8, 4) is 22.9 Å². The van der Waals surface area contributed by atoms with Crippen LogP contribution in [0.5, 0.6) is 5.75 Å². The summed E-state index contributed by atoms with van der Waals surface area (Å²) in [6, 6.07) is 13.9. The highest BCUT2D eigenvalue weighted by Gasteiger charge is 2.06. The molecular weight excluding hydrogens is 212 g/mol. The standard InChI is InChI=1S/C14H12N2O/c1-17-14-9-12(10-16-13(14)7-8-15)11-5-3-2-4-6-11/h2-6,9-10H,7H2,1H3. The number of aromatic nitrogens is 1. The van der Waals surface area contributed by atoms with Gasteiger partial charge in [-0.05, 0) is 11.6 Å². The Hall–Kier alpha value is -2.34. The molecule has 1 aromatic heterocycles. The van der Waals surface area contributed by atoms with Crippen molar-refractivity contribution < 1.29 is 4.74 Å². The molecule has 3 nitrogen and oxygen atoms in total. The zero-order valence-corrected chi connectivity index (χ0v) is 9.55. The molecule has 0 unspecified atom stereocenters. The number of rotatable bonds is 3. The van der Waals surface area contributed by atoms with E-state index < -0.39 is 0 Å². The minimum Gasteiger partial charge on any atom is -0.495 e. The Balaban J connectivity index is 2.42. The van der Waals surface area contributed by atoms with Crippen LogP contribution >= 0.6 is 0 Å². The maximum atomic E-state index is 8.68. The normalized spacial score (nSPS) is 9.65. The van der Waals surface area contributed by atoms with Crippen LogP contribution in [0, 0.1) is 11.3 Å². The van der Waals surface area contributed by atoms with E-state index in [9.17, 15) is 0 Å². The first kappa shape index (κ1) is 11.2. The topological polar surface area (TPSA) is 45.9 Å². The summed E-state index contributed by atoms with van der Waals surface area (Å²) in [6.45, 7) is 0. The Kier molecular flexibility index (Phi) is 3.37. The molecule has 0 aliphatic heterocycles. The fourth-order valence-electron chi connectivity index (χ4n) is 1.65. The lowest BCUT2D eigenvalue weighted by atomic mass is 10.1. The van der Waals surface area contributed by atoms with Crippen molar-refractivity contribution in [3.63, 3.8) is 0 Å². The first-order valence-electron chi connectivity index (χ1n) is 5.30. The van der Waals surface area contributed by atoms with Gasteiger partial charge in [-0.3, -0.25) is 4.98 Å². The van der Waals surface area contributed by atoms with Gasteiger partial charge in [-0.25, -0.2) is 0 Å². The van der Waals surface area contributed by atoms with Crippen LogP contribution in [0.1, 0.15) is 5.69 Å². The zero-order valence-electron chi connectivity index (χ0n) is 9.55. The summed E-state index contributed by atoms with van der Waals surface area (Å²) in [5.74, 6) is 0.660. The molecule has 2 aromatic rings. The lowest BCUT2D eigenvalue weighted by Crippen LogP contribution is -1.95. The average molecular weight is 224 g/mol. The second-order valence-corrected chi connectivity index (χ2v) is 3.57. The molecule has 2 rings (SSSR count). The molecule has 0 saturated heterocycles. The number of benzene rings is 1. The van der Waals surface area contributed by atoms with Crippen molar-refractivity contribution >= 4 is 0 Å². The van der Waals surface area contributed by atoms with Gasteiger partial charge in [-0.1, -0.05) is 30.3 Å². The van der Waals surface area contributed by atoms with Gasteiger partial charge in [0, 0.05) is 11.8 Å². The number of nitrogens with zero attached hydrogens (tertiary/aromatic N) is 2. The van der Waals surface area contributed by atoms with Crippen molar-refractivity contribution in [2.24, 2.45) is 0 Å². The number of nitriles is 1.